The summed E-state index contributed by atoms with van der Waals surface area (Å²) >= 11 is 0. The number of ketones is 1. The van der Waals surface area contributed by atoms with Crippen LogP contribution in [0.4, 0.5) is 0 Å². The van der Waals surface area contributed by atoms with Crippen molar-refractivity contribution in [2.75, 3.05) is 6.61 Å². The quantitative estimate of drug-likeness (QED) is 0.469. The molecule has 0 radical (unpaired) electrons. The minimum Gasteiger partial charge on any atom is -0.472 e. The molecule has 6 aliphatic rings. The lowest BCUT2D eigenvalue weighted by atomic mass is 9.36. The van der Waals surface area contributed by atoms with E-state index in [2.05, 4.69) is 0 Å². The Morgan fingerprint density at radius 2 is 1.83 bits per heavy atom. The first kappa shape index (κ1) is 22.0. The SMILES string of the molecule is CC1(C)O[C@H]2CC(=O)OC[C@@]23[C@@H]1C(=O)C(O)[C@]1(C)[C@@H]3CC[C@@]2(C)C(c3ccoc3)OC(=O)C3O[C@]321. The molecule has 35 heavy (non-hydrogen) atoms. The molecule has 3 unspecified atom stereocenters. The first-order chi connectivity index (χ1) is 16.4. The maximum absolute atomic E-state index is 14.1. The largest absolute Gasteiger partial charge is 0.472 e. The lowest BCUT2D eigenvalue weighted by Crippen LogP contribution is -2.76. The summed E-state index contributed by atoms with van der Waals surface area (Å²) in [6.07, 6.45) is 1.02. The molecule has 5 heterocycles. The Labute approximate surface area is 202 Å². The zero-order valence-electron chi connectivity index (χ0n) is 20.2. The summed E-state index contributed by atoms with van der Waals surface area (Å²) in [4.78, 5) is 39.6. The topological polar surface area (TPSA) is 125 Å². The minimum atomic E-state index is -1.37. The van der Waals surface area contributed by atoms with Crippen LogP contribution in [-0.2, 0) is 33.3 Å². The van der Waals surface area contributed by atoms with Gasteiger partial charge < -0.3 is 28.5 Å². The first-order valence-corrected chi connectivity index (χ1v) is 12.4. The van der Waals surface area contributed by atoms with Crippen molar-refractivity contribution in [3.8, 4) is 0 Å². The fraction of sp³-hybridized carbons (Fsp3) is 0.731. The summed E-state index contributed by atoms with van der Waals surface area (Å²) in [6, 6.07) is 1.77. The molecule has 188 valence electrons. The summed E-state index contributed by atoms with van der Waals surface area (Å²) < 4.78 is 29.6. The van der Waals surface area contributed by atoms with Crippen LogP contribution in [0.1, 0.15) is 58.6 Å². The maximum atomic E-state index is 14.1. The van der Waals surface area contributed by atoms with Gasteiger partial charge in [0, 0.05) is 21.8 Å². The molecule has 4 aliphatic heterocycles. The van der Waals surface area contributed by atoms with Gasteiger partial charge in [0.15, 0.2) is 11.9 Å². The van der Waals surface area contributed by atoms with E-state index in [4.69, 9.17) is 23.4 Å². The number of hydrogen-bond donors (Lipinski definition) is 1. The Bertz CT molecular complexity index is 1160. The van der Waals surface area contributed by atoms with Gasteiger partial charge in [-0.1, -0.05) is 13.8 Å². The van der Waals surface area contributed by atoms with E-state index in [0.717, 1.165) is 5.56 Å². The molecule has 1 aromatic rings. The average Bonchev–Trinajstić information content (AvgIpc) is 3.26. The zero-order valence-corrected chi connectivity index (χ0v) is 20.2. The molecule has 1 N–H and O–H groups in total. The summed E-state index contributed by atoms with van der Waals surface area (Å²) in [5.41, 5.74) is -3.90. The Morgan fingerprint density at radius 1 is 1.06 bits per heavy atom. The van der Waals surface area contributed by atoms with Gasteiger partial charge in [-0.15, -0.1) is 0 Å². The Kier molecular flexibility index (Phi) is 3.88. The second-order valence-electron chi connectivity index (χ2n) is 12.3. The van der Waals surface area contributed by atoms with Gasteiger partial charge in [-0.05, 0) is 38.7 Å². The molecule has 4 saturated heterocycles. The number of carbonyl (C=O) groups excluding carboxylic acids is 3. The summed E-state index contributed by atoms with van der Waals surface area (Å²) in [5.74, 6) is -2.09. The van der Waals surface area contributed by atoms with Gasteiger partial charge in [-0.3, -0.25) is 9.59 Å². The van der Waals surface area contributed by atoms with Gasteiger partial charge in [0.25, 0.3) is 0 Å². The molecule has 7 rings (SSSR count). The van der Waals surface area contributed by atoms with E-state index >= 15 is 0 Å². The molecule has 2 aliphatic carbocycles. The Morgan fingerprint density at radius 3 is 2.54 bits per heavy atom. The van der Waals surface area contributed by atoms with Gasteiger partial charge in [0.2, 0.25) is 0 Å². The standard InChI is InChI=1S/C26H30O9/c1-22(2)17-16(28)18(29)24(4)13(25(17)11-32-15(27)9-14(25)34-22)5-7-23(3)19(12-6-8-31-10-12)33-21(30)20-26(23,24)35-20/h6,8,10,13-14,17-20,29H,5,7,9,11H2,1-4H3/t13-,14-,17+,18?,19?,20?,23-,24-,25-,26+/m0/s1. The molecule has 10 atom stereocenters. The molecule has 2 saturated carbocycles. The van der Waals surface area contributed by atoms with Crippen molar-refractivity contribution in [1.82, 2.24) is 0 Å². The van der Waals surface area contributed by atoms with E-state index in [1.165, 1.54) is 6.26 Å². The van der Waals surface area contributed by atoms with Crippen molar-refractivity contribution in [2.24, 2.45) is 28.1 Å². The number of aliphatic hydroxyl groups excluding tert-OH is 1. The number of furan rings is 1. The van der Waals surface area contributed by atoms with Gasteiger partial charge in [0.1, 0.15) is 24.4 Å². The number of fused-ring (bicyclic) bond motifs is 1. The van der Waals surface area contributed by atoms with Crippen LogP contribution >= 0.6 is 0 Å². The number of ether oxygens (including phenoxy) is 4. The predicted octanol–water partition coefficient (Wildman–Crippen LogP) is 2.11. The Balaban J connectivity index is 1.43. The fourth-order valence-corrected chi connectivity index (χ4v) is 9.52. The van der Waals surface area contributed by atoms with E-state index in [-0.39, 0.29) is 30.7 Å². The van der Waals surface area contributed by atoms with Crippen molar-refractivity contribution < 1.29 is 42.9 Å². The number of hydrogen-bond acceptors (Lipinski definition) is 9. The van der Waals surface area contributed by atoms with Gasteiger partial charge in [-0.2, -0.15) is 0 Å². The van der Waals surface area contributed by atoms with E-state index < -0.39 is 63.8 Å². The van der Waals surface area contributed by atoms with Crippen molar-refractivity contribution >= 4 is 17.7 Å². The van der Waals surface area contributed by atoms with Gasteiger partial charge >= 0.3 is 11.9 Å². The van der Waals surface area contributed by atoms with Crippen molar-refractivity contribution in [2.45, 2.75) is 82.6 Å². The number of epoxide rings is 1. The number of esters is 2. The molecule has 0 amide bonds. The highest BCUT2D eigenvalue weighted by atomic mass is 16.7. The van der Waals surface area contributed by atoms with Gasteiger partial charge in [0.05, 0.1) is 36.6 Å². The second-order valence-corrected chi connectivity index (χ2v) is 12.3. The van der Waals surface area contributed by atoms with Crippen LogP contribution < -0.4 is 0 Å². The van der Waals surface area contributed by atoms with Crippen LogP contribution in [0.25, 0.3) is 0 Å². The lowest BCUT2D eigenvalue weighted by Gasteiger charge is -2.66. The summed E-state index contributed by atoms with van der Waals surface area (Å²) in [6.45, 7) is 7.66. The van der Waals surface area contributed by atoms with E-state index in [1.807, 2.05) is 27.7 Å². The molecule has 2 spiro atoms. The van der Waals surface area contributed by atoms with Crippen molar-refractivity contribution in [3.05, 3.63) is 24.2 Å². The maximum Gasteiger partial charge on any atom is 0.339 e. The highest BCUT2D eigenvalue weighted by Crippen LogP contribution is 2.80. The molecular weight excluding hydrogens is 456 g/mol. The fourth-order valence-electron chi connectivity index (χ4n) is 9.52. The van der Waals surface area contributed by atoms with Crippen LogP contribution in [0.5, 0.6) is 0 Å². The molecular formula is C26H30O9. The highest BCUT2D eigenvalue weighted by Gasteiger charge is 2.90. The highest BCUT2D eigenvalue weighted by molar-refractivity contribution is 5.92. The smallest absolute Gasteiger partial charge is 0.339 e. The Hall–Kier alpha value is -2.23. The summed E-state index contributed by atoms with van der Waals surface area (Å²) in [7, 11) is 0. The van der Waals surface area contributed by atoms with Crippen LogP contribution in [-0.4, -0.2) is 58.9 Å². The number of cyclic esters (lactones) is 2. The first-order valence-electron chi connectivity index (χ1n) is 12.4. The predicted molar refractivity (Wildman–Crippen MR) is 116 cm³/mol. The van der Waals surface area contributed by atoms with E-state index in [9.17, 15) is 19.5 Å². The molecule has 6 fully saturated rings. The molecule has 9 heteroatoms. The van der Waals surface area contributed by atoms with Crippen LogP contribution in [0.3, 0.4) is 0 Å². The number of carbonyl (C=O) groups is 3. The van der Waals surface area contributed by atoms with Crippen molar-refractivity contribution in [3.63, 3.8) is 0 Å². The van der Waals surface area contributed by atoms with Gasteiger partial charge in [-0.25, -0.2) is 4.79 Å². The lowest BCUT2D eigenvalue weighted by molar-refractivity contribution is -0.252. The monoisotopic (exact) mass is 486 g/mol. The minimum absolute atomic E-state index is 0.0520. The van der Waals surface area contributed by atoms with Crippen LogP contribution in [0, 0.1) is 28.1 Å². The van der Waals surface area contributed by atoms with Crippen LogP contribution in [0.2, 0.25) is 0 Å². The normalized spacial score (nSPS) is 53.3. The molecule has 0 bridgehead atoms. The van der Waals surface area contributed by atoms with Crippen molar-refractivity contribution in [1.29, 1.82) is 0 Å². The summed E-state index contributed by atoms with van der Waals surface area (Å²) in [5, 5.41) is 11.8. The molecule has 0 aromatic carbocycles. The van der Waals surface area contributed by atoms with E-state index in [0.29, 0.717) is 12.8 Å². The van der Waals surface area contributed by atoms with Crippen LogP contribution in [0.15, 0.2) is 23.0 Å². The second kappa shape index (κ2) is 6.18. The molecule has 1 aromatic heterocycles. The number of Topliss-reactive ketones (excluding diaryl/α,β-unsaturated/α-hetero) is 1. The average molecular weight is 487 g/mol. The third-order valence-corrected chi connectivity index (χ3v) is 10.7. The number of aliphatic hydroxyl groups is 1. The zero-order chi connectivity index (χ0) is 24.8. The third-order valence-electron chi connectivity index (χ3n) is 10.7. The molecule has 9 nitrogen and oxygen atoms in total. The third kappa shape index (κ3) is 2.14. The van der Waals surface area contributed by atoms with E-state index in [1.54, 1.807) is 12.3 Å². The number of rotatable bonds is 1.